The van der Waals surface area contributed by atoms with Gasteiger partial charge in [0.2, 0.25) is 0 Å². The minimum atomic E-state index is -0.263. The molecule has 2 rings (SSSR count). The number of aromatic nitrogens is 1. The Labute approximate surface area is 123 Å². The molecule has 21 heavy (non-hydrogen) atoms. The summed E-state index contributed by atoms with van der Waals surface area (Å²) in [4.78, 5) is 26.8. The van der Waals surface area contributed by atoms with Crippen LogP contribution >= 0.6 is 0 Å². The quantitative estimate of drug-likeness (QED) is 0.823. The van der Waals surface area contributed by atoms with Crippen LogP contribution in [0.5, 0.6) is 5.75 Å². The van der Waals surface area contributed by atoms with E-state index >= 15 is 0 Å². The van der Waals surface area contributed by atoms with Gasteiger partial charge in [0.25, 0.3) is 5.91 Å². The lowest BCUT2D eigenvalue weighted by Crippen LogP contribution is -2.29. The van der Waals surface area contributed by atoms with E-state index in [4.69, 9.17) is 4.74 Å². The van der Waals surface area contributed by atoms with Gasteiger partial charge < -0.3 is 10.1 Å². The van der Waals surface area contributed by atoms with Gasteiger partial charge in [-0.1, -0.05) is 18.2 Å². The zero-order valence-corrected chi connectivity index (χ0v) is 11.7. The number of ether oxygens (including phenoxy) is 1. The Balaban J connectivity index is 1.85. The molecule has 0 saturated carbocycles. The van der Waals surface area contributed by atoms with Crippen LogP contribution in [0.4, 0.5) is 0 Å². The third-order valence-corrected chi connectivity index (χ3v) is 2.98. The number of carbonyl (C=O) groups excluding carboxylic acids is 2. The van der Waals surface area contributed by atoms with E-state index in [1.807, 2.05) is 19.1 Å². The number of nitrogens with one attached hydrogen (secondary N) is 1. The molecule has 0 aliphatic carbocycles. The van der Waals surface area contributed by atoms with Gasteiger partial charge in [-0.25, -0.2) is 0 Å². The molecule has 1 aromatic heterocycles. The highest BCUT2D eigenvalue weighted by molar-refractivity contribution is 5.80. The molecule has 0 unspecified atom stereocenters. The van der Waals surface area contributed by atoms with E-state index in [1.54, 1.807) is 30.5 Å². The molecule has 0 radical (unpaired) electrons. The van der Waals surface area contributed by atoms with E-state index in [-0.39, 0.29) is 12.5 Å². The zero-order chi connectivity index (χ0) is 15.1. The van der Waals surface area contributed by atoms with Crippen LogP contribution in [0.25, 0.3) is 0 Å². The summed E-state index contributed by atoms with van der Waals surface area (Å²) in [7, 11) is 0. The second-order valence-electron chi connectivity index (χ2n) is 4.49. The van der Waals surface area contributed by atoms with E-state index in [2.05, 4.69) is 10.3 Å². The maximum Gasteiger partial charge on any atom is 0.258 e. The molecule has 0 saturated heterocycles. The summed E-state index contributed by atoms with van der Waals surface area (Å²) < 4.78 is 5.34. The van der Waals surface area contributed by atoms with Crippen molar-refractivity contribution in [3.63, 3.8) is 0 Å². The van der Waals surface area contributed by atoms with E-state index in [1.165, 1.54) is 0 Å². The number of benzene rings is 1. The van der Waals surface area contributed by atoms with Crippen LogP contribution < -0.4 is 10.1 Å². The molecular formula is C16H16N2O3. The highest BCUT2D eigenvalue weighted by atomic mass is 16.5. The van der Waals surface area contributed by atoms with Crippen LogP contribution in [0, 0.1) is 6.92 Å². The summed E-state index contributed by atoms with van der Waals surface area (Å²) in [5.74, 6) is 0.137. The summed E-state index contributed by atoms with van der Waals surface area (Å²) >= 11 is 0. The first-order valence-electron chi connectivity index (χ1n) is 6.55. The predicted octanol–water partition coefficient (Wildman–Crippen LogP) is 1.90. The zero-order valence-electron chi connectivity index (χ0n) is 11.7. The first-order chi connectivity index (χ1) is 10.2. The fraction of sp³-hybridized carbons (Fsp3) is 0.188. The smallest absolute Gasteiger partial charge is 0.258 e. The minimum absolute atomic E-state index is 0.142. The van der Waals surface area contributed by atoms with Gasteiger partial charge in [-0.3, -0.25) is 14.6 Å². The van der Waals surface area contributed by atoms with Crippen molar-refractivity contribution in [1.82, 2.24) is 10.3 Å². The summed E-state index contributed by atoms with van der Waals surface area (Å²) in [5.41, 5.74) is 2.26. The van der Waals surface area contributed by atoms with Gasteiger partial charge in [0.05, 0.1) is 17.8 Å². The Kier molecular flexibility index (Phi) is 5.04. The van der Waals surface area contributed by atoms with E-state index in [0.29, 0.717) is 24.1 Å². The fourth-order valence-electron chi connectivity index (χ4n) is 1.79. The highest BCUT2D eigenvalue weighted by Gasteiger charge is 2.07. The van der Waals surface area contributed by atoms with E-state index in [0.717, 1.165) is 11.3 Å². The molecule has 5 heteroatoms. The van der Waals surface area contributed by atoms with Gasteiger partial charge in [-0.2, -0.15) is 0 Å². The molecule has 1 amide bonds. The molecule has 5 nitrogen and oxygen atoms in total. The molecular weight excluding hydrogens is 268 g/mol. The molecule has 0 spiro atoms. The molecule has 0 aliphatic rings. The van der Waals surface area contributed by atoms with Gasteiger partial charge in [0, 0.05) is 6.20 Å². The second kappa shape index (κ2) is 7.19. The molecule has 1 N–H and O–H groups in total. The maximum absolute atomic E-state index is 11.7. The lowest BCUT2D eigenvalue weighted by Gasteiger charge is -2.09. The van der Waals surface area contributed by atoms with Gasteiger partial charge in [-0.05, 0) is 30.7 Å². The third-order valence-electron chi connectivity index (χ3n) is 2.98. The van der Waals surface area contributed by atoms with Crippen LogP contribution in [-0.4, -0.2) is 23.8 Å². The Morgan fingerprint density at radius 2 is 2.10 bits per heavy atom. The van der Waals surface area contributed by atoms with Crippen LogP contribution in [-0.2, 0) is 11.3 Å². The van der Waals surface area contributed by atoms with Gasteiger partial charge in [-0.15, -0.1) is 0 Å². The molecule has 1 heterocycles. The van der Waals surface area contributed by atoms with Crippen molar-refractivity contribution in [1.29, 1.82) is 0 Å². The number of aldehydes is 1. The lowest BCUT2D eigenvalue weighted by atomic mass is 10.2. The summed E-state index contributed by atoms with van der Waals surface area (Å²) in [6.45, 7) is 2.15. The molecule has 0 fully saturated rings. The Hall–Kier alpha value is -2.69. The molecule has 2 aromatic rings. The number of nitrogens with zero attached hydrogens (tertiary/aromatic N) is 1. The number of rotatable bonds is 6. The summed E-state index contributed by atoms with van der Waals surface area (Å²) in [5, 5.41) is 2.73. The lowest BCUT2D eigenvalue weighted by molar-refractivity contribution is -0.123. The van der Waals surface area contributed by atoms with Crippen molar-refractivity contribution in [2.45, 2.75) is 13.5 Å². The number of hydrogen-bond acceptors (Lipinski definition) is 4. The van der Waals surface area contributed by atoms with Crippen LogP contribution in [0.2, 0.25) is 0 Å². The maximum atomic E-state index is 11.7. The molecule has 0 bridgehead atoms. The molecule has 108 valence electrons. The predicted molar refractivity (Wildman–Crippen MR) is 78.1 cm³/mol. The first-order valence-corrected chi connectivity index (χ1v) is 6.55. The number of para-hydroxylation sites is 1. The topological polar surface area (TPSA) is 68.3 Å². The number of hydrogen-bond donors (Lipinski definition) is 1. The molecule has 0 atom stereocenters. The van der Waals surface area contributed by atoms with Crippen LogP contribution in [0.15, 0.2) is 42.6 Å². The minimum Gasteiger partial charge on any atom is -0.483 e. The van der Waals surface area contributed by atoms with Crippen molar-refractivity contribution in [3.8, 4) is 5.75 Å². The summed E-state index contributed by atoms with van der Waals surface area (Å²) in [6.07, 6.45) is 2.38. The Morgan fingerprint density at radius 1 is 1.29 bits per heavy atom. The highest BCUT2D eigenvalue weighted by Crippen LogP contribution is 2.15. The van der Waals surface area contributed by atoms with Crippen molar-refractivity contribution < 1.29 is 14.3 Å². The van der Waals surface area contributed by atoms with E-state index < -0.39 is 0 Å². The van der Waals surface area contributed by atoms with Crippen molar-refractivity contribution >= 4 is 12.2 Å². The van der Waals surface area contributed by atoms with Crippen molar-refractivity contribution in [2.24, 2.45) is 0 Å². The number of carbonyl (C=O) groups is 2. The van der Waals surface area contributed by atoms with Crippen molar-refractivity contribution in [3.05, 3.63) is 59.4 Å². The van der Waals surface area contributed by atoms with Gasteiger partial charge in [0.15, 0.2) is 12.9 Å². The molecule has 1 aromatic carbocycles. The average Bonchev–Trinajstić information content (AvgIpc) is 2.52. The second-order valence-corrected chi connectivity index (χ2v) is 4.49. The third kappa shape index (κ3) is 4.14. The standard InChI is InChI=1S/C16H16N2O3/c1-12-5-4-8-17-14(12)9-18-16(20)11-21-15-7-3-2-6-13(15)10-19/h2-8,10H,9,11H2,1H3,(H,18,20). The first kappa shape index (κ1) is 14.7. The molecule has 0 aliphatic heterocycles. The largest absolute Gasteiger partial charge is 0.483 e. The Morgan fingerprint density at radius 3 is 2.86 bits per heavy atom. The fourth-order valence-corrected chi connectivity index (χ4v) is 1.79. The number of aryl methyl sites for hydroxylation is 1. The van der Waals surface area contributed by atoms with Crippen LogP contribution in [0.3, 0.4) is 0 Å². The van der Waals surface area contributed by atoms with E-state index in [9.17, 15) is 9.59 Å². The number of pyridine rings is 1. The average molecular weight is 284 g/mol. The monoisotopic (exact) mass is 284 g/mol. The van der Waals surface area contributed by atoms with Crippen LogP contribution in [0.1, 0.15) is 21.6 Å². The SMILES string of the molecule is Cc1cccnc1CNC(=O)COc1ccccc1C=O. The van der Waals surface area contributed by atoms with Gasteiger partial charge in [0.1, 0.15) is 5.75 Å². The van der Waals surface area contributed by atoms with Gasteiger partial charge >= 0.3 is 0 Å². The Bertz CT molecular complexity index is 641. The number of amides is 1. The van der Waals surface area contributed by atoms with Crippen molar-refractivity contribution in [2.75, 3.05) is 6.61 Å². The normalized spacial score (nSPS) is 9.95. The summed E-state index contributed by atoms with van der Waals surface area (Å²) in [6, 6.07) is 10.6.